The molecule has 1 aromatic carbocycles. The average molecular weight is 300 g/mol. The largest absolute Gasteiger partial charge is 0.416 e. The number of hydrogen-bond acceptors (Lipinski definition) is 3. The van der Waals surface area contributed by atoms with Crippen molar-refractivity contribution in [2.24, 2.45) is 5.73 Å². The first kappa shape index (κ1) is 15.0. The van der Waals surface area contributed by atoms with E-state index in [1.165, 1.54) is 23.5 Å². The van der Waals surface area contributed by atoms with Gasteiger partial charge in [0.1, 0.15) is 0 Å². The molecule has 2 rings (SSSR count). The first-order valence-corrected chi connectivity index (χ1v) is 7.03. The molecule has 2 nitrogen and oxygen atoms in total. The van der Waals surface area contributed by atoms with E-state index in [0.717, 1.165) is 28.1 Å². The predicted molar refractivity (Wildman–Crippen MR) is 73.9 cm³/mol. The van der Waals surface area contributed by atoms with Crippen molar-refractivity contribution in [1.29, 1.82) is 0 Å². The van der Waals surface area contributed by atoms with Crippen LogP contribution in [-0.2, 0) is 19.0 Å². The summed E-state index contributed by atoms with van der Waals surface area (Å²) in [6.45, 7) is 2.45. The second-order valence-electron chi connectivity index (χ2n) is 4.53. The molecule has 2 N–H and O–H groups in total. The molecule has 2 aromatic rings. The van der Waals surface area contributed by atoms with E-state index in [4.69, 9.17) is 5.73 Å². The minimum Gasteiger partial charge on any atom is -0.330 e. The highest BCUT2D eigenvalue weighted by Gasteiger charge is 2.30. The van der Waals surface area contributed by atoms with E-state index < -0.39 is 11.7 Å². The summed E-state index contributed by atoms with van der Waals surface area (Å²) in [4.78, 5) is 5.50. The smallest absolute Gasteiger partial charge is 0.330 e. The van der Waals surface area contributed by atoms with Gasteiger partial charge in [-0.05, 0) is 31.5 Å². The number of alkyl halides is 3. The molecule has 1 aromatic heterocycles. The molecule has 0 radical (unpaired) electrons. The Balaban J connectivity index is 2.20. The van der Waals surface area contributed by atoms with Gasteiger partial charge in [-0.3, -0.25) is 0 Å². The molecule has 0 fully saturated rings. The molecule has 20 heavy (non-hydrogen) atoms. The monoisotopic (exact) mass is 300 g/mol. The Hall–Kier alpha value is -1.40. The highest BCUT2D eigenvalue weighted by atomic mass is 32.1. The lowest BCUT2D eigenvalue weighted by Gasteiger charge is -2.07. The van der Waals surface area contributed by atoms with Crippen molar-refractivity contribution in [3.05, 3.63) is 51.0 Å². The molecule has 0 amide bonds. The zero-order chi connectivity index (χ0) is 14.8. The summed E-state index contributed by atoms with van der Waals surface area (Å²) in [5.41, 5.74) is 6.43. The van der Waals surface area contributed by atoms with Gasteiger partial charge >= 0.3 is 6.18 Å². The van der Waals surface area contributed by atoms with E-state index in [0.29, 0.717) is 18.5 Å². The van der Waals surface area contributed by atoms with Crippen LogP contribution >= 0.6 is 11.3 Å². The van der Waals surface area contributed by atoms with Crippen LogP contribution < -0.4 is 5.73 Å². The number of aryl methyl sites for hydroxylation is 1. The molecule has 0 bridgehead atoms. The van der Waals surface area contributed by atoms with E-state index in [9.17, 15) is 13.2 Å². The molecule has 0 spiro atoms. The summed E-state index contributed by atoms with van der Waals surface area (Å²) < 4.78 is 37.9. The highest BCUT2D eigenvalue weighted by molar-refractivity contribution is 7.11. The molecular weight excluding hydrogens is 285 g/mol. The predicted octanol–water partition coefficient (Wildman–Crippen LogP) is 3.56. The van der Waals surface area contributed by atoms with Crippen LogP contribution in [0.3, 0.4) is 0 Å². The van der Waals surface area contributed by atoms with Crippen LogP contribution in [0.4, 0.5) is 13.2 Å². The van der Waals surface area contributed by atoms with Crippen molar-refractivity contribution in [1.82, 2.24) is 4.98 Å². The van der Waals surface area contributed by atoms with Gasteiger partial charge in [0.05, 0.1) is 16.3 Å². The van der Waals surface area contributed by atoms with Crippen LogP contribution in [0, 0.1) is 6.92 Å². The topological polar surface area (TPSA) is 38.9 Å². The second-order valence-corrected chi connectivity index (χ2v) is 5.70. The molecule has 0 aliphatic heterocycles. The molecule has 0 saturated heterocycles. The van der Waals surface area contributed by atoms with Gasteiger partial charge in [-0.2, -0.15) is 13.2 Å². The normalized spacial score (nSPS) is 11.8. The van der Waals surface area contributed by atoms with Crippen molar-refractivity contribution in [3.63, 3.8) is 0 Å². The van der Waals surface area contributed by atoms with Crippen LogP contribution in [0.5, 0.6) is 0 Å². The lowest BCUT2D eigenvalue weighted by Crippen LogP contribution is -2.05. The lowest BCUT2D eigenvalue weighted by atomic mass is 10.1. The Bertz CT molecular complexity index is 590. The summed E-state index contributed by atoms with van der Waals surface area (Å²) in [5, 5.41) is 0.824. The number of nitrogens with zero attached hydrogens (tertiary/aromatic N) is 1. The van der Waals surface area contributed by atoms with Crippen molar-refractivity contribution >= 4 is 11.3 Å². The fourth-order valence-electron chi connectivity index (χ4n) is 1.96. The van der Waals surface area contributed by atoms with Crippen LogP contribution in [0.15, 0.2) is 24.3 Å². The molecule has 6 heteroatoms. The van der Waals surface area contributed by atoms with Crippen LogP contribution in [-0.4, -0.2) is 11.5 Å². The second kappa shape index (κ2) is 5.93. The number of aromatic nitrogens is 1. The van der Waals surface area contributed by atoms with Gasteiger partial charge < -0.3 is 5.73 Å². The van der Waals surface area contributed by atoms with Gasteiger partial charge in [-0.25, -0.2) is 4.98 Å². The van der Waals surface area contributed by atoms with Crippen LogP contribution in [0.25, 0.3) is 0 Å². The van der Waals surface area contributed by atoms with Crippen LogP contribution in [0.2, 0.25) is 0 Å². The van der Waals surface area contributed by atoms with Gasteiger partial charge in [0, 0.05) is 11.3 Å². The minimum absolute atomic E-state index is 0.417. The Morgan fingerprint density at radius 3 is 2.70 bits per heavy atom. The number of nitrogens with two attached hydrogens (primary N) is 1. The van der Waals surface area contributed by atoms with E-state index in [-0.39, 0.29) is 0 Å². The molecular formula is C14H15F3N2S. The maximum atomic E-state index is 12.6. The SMILES string of the molecule is Cc1nc(Cc2cccc(C(F)(F)F)c2)sc1CCN. The maximum Gasteiger partial charge on any atom is 0.416 e. The lowest BCUT2D eigenvalue weighted by molar-refractivity contribution is -0.137. The molecule has 0 atom stereocenters. The molecule has 0 aliphatic rings. The van der Waals surface area contributed by atoms with Crippen molar-refractivity contribution in [3.8, 4) is 0 Å². The van der Waals surface area contributed by atoms with Crippen molar-refractivity contribution < 1.29 is 13.2 Å². The van der Waals surface area contributed by atoms with E-state index in [2.05, 4.69) is 4.98 Å². The standard InChI is InChI=1S/C14H15F3N2S/c1-9-12(5-6-18)20-13(19-9)8-10-3-2-4-11(7-10)14(15,16)17/h2-4,7H,5-6,8,18H2,1H3. The molecule has 1 heterocycles. The number of thiazole rings is 1. The average Bonchev–Trinajstić information content (AvgIpc) is 2.69. The van der Waals surface area contributed by atoms with Gasteiger partial charge in [0.15, 0.2) is 0 Å². The number of halogens is 3. The summed E-state index contributed by atoms with van der Waals surface area (Å²) in [6.07, 6.45) is -3.13. The summed E-state index contributed by atoms with van der Waals surface area (Å²) >= 11 is 1.52. The third-order valence-electron chi connectivity index (χ3n) is 2.92. The number of rotatable bonds is 4. The summed E-state index contributed by atoms with van der Waals surface area (Å²) in [7, 11) is 0. The summed E-state index contributed by atoms with van der Waals surface area (Å²) in [5.74, 6) is 0. The third-order valence-corrected chi connectivity index (χ3v) is 4.14. The third kappa shape index (κ3) is 3.58. The van der Waals surface area contributed by atoms with Gasteiger partial charge in [0.25, 0.3) is 0 Å². The Kier molecular flexibility index (Phi) is 4.45. The fourth-order valence-corrected chi connectivity index (χ4v) is 3.08. The maximum absolute atomic E-state index is 12.6. The molecule has 0 unspecified atom stereocenters. The van der Waals surface area contributed by atoms with Gasteiger partial charge in [0.2, 0.25) is 0 Å². The Morgan fingerprint density at radius 1 is 1.30 bits per heavy atom. The van der Waals surface area contributed by atoms with E-state index in [1.807, 2.05) is 6.92 Å². The van der Waals surface area contributed by atoms with Crippen molar-refractivity contribution in [2.75, 3.05) is 6.54 Å². The van der Waals surface area contributed by atoms with Gasteiger partial charge in [-0.1, -0.05) is 18.2 Å². The number of hydrogen-bond donors (Lipinski definition) is 1. The van der Waals surface area contributed by atoms with Crippen molar-refractivity contribution in [2.45, 2.75) is 25.9 Å². The fraction of sp³-hybridized carbons (Fsp3) is 0.357. The van der Waals surface area contributed by atoms with E-state index in [1.54, 1.807) is 6.07 Å². The zero-order valence-corrected chi connectivity index (χ0v) is 11.8. The molecule has 0 saturated carbocycles. The Morgan fingerprint density at radius 2 is 2.05 bits per heavy atom. The zero-order valence-electron chi connectivity index (χ0n) is 11.0. The van der Waals surface area contributed by atoms with E-state index >= 15 is 0 Å². The van der Waals surface area contributed by atoms with Gasteiger partial charge in [-0.15, -0.1) is 11.3 Å². The highest BCUT2D eigenvalue weighted by Crippen LogP contribution is 2.30. The Labute approximate surface area is 119 Å². The molecule has 0 aliphatic carbocycles. The van der Waals surface area contributed by atoms with Crippen LogP contribution in [0.1, 0.15) is 26.7 Å². The number of benzene rings is 1. The first-order valence-electron chi connectivity index (χ1n) is 6.21. The molecule has 108 valence electrons. The first-order chi connectivity index (χ1) is 9.40. The quantitative estimate of drug-likeness (QED) is 0.937. The minimum atomic E-state index is -4.31. The summed E-state index contributed by atoms with van der Waals surface area (Å²) in [6, 6.07) is 5.38.